The standard InChI is InChI=1S/C17H11N3O/c18-9-12-4-6-13(7-5-12)17(21)15-3-1-2-14(8-15)16(10-19)11-20/h1-8,16-17,21H. The predicted molar refractivity (Wildman–Crippen MR) is 75.6 cm³/mol. The Morgan fingerprint density at radius 2 is 1.43 bits per heavy atom. The van der Waals surface area contributed by atoms with E-state index in [0.29, 0.717) is 22.3 Å². The van der Waals surface area contributed by atoms with Crippen molar-refractivity contribution in [1.29, 1.82) is 15.8 Å². The van der Waals surface area contributed by atoms with Crippen molar-refractivity contribution in [2.24, 2.45) is 0 Å². The molecule has 0 saturated carbocycles. The van der Waals surface area contributed by atoms with Crippen molar-refractivity contribution in [2.45, 2.75) is 12.0 Å². The molecule has 0 bridgehead atoms. The average molecular weight is 273 g/mol. The Morgan fingerprint density at radius 3 is 2.00 bits per heavy atom. The largest absolute Gasteiger partial charge is 0.384 e. The molecule has 1 N–H and O–H groups in total. The number of benzene rings is 2. The zero-order valence-corrected chi connectivity index (χ0v) is 11.1. The normalized spacial score (nSPS) is 11.2. The highest BCUT2D eigenvalue weighted by molar-refractivity contribution is 5.39. The van der Waals surface area contributed by atoms with Gasteiger partial charge in [0.1, 0.15) is 6.10 Å². The summed E-state index contributed by atoms with van der Waals surface area (Å²) >= 11 is 0. The van der Waals surface area contributed by atoms with E-state index in [1.807, 2.05) is 18.2 Å². The molecule has 2 aromatic rings. The molecule has 0 heterocycles. The first-order chi connectivity index (χ1) is 10.2. The van der Waals surface area contributed by atoms with Gasteiger partial charge in [-0.25, -0.2) is 0 Å². The van der Waals surface area contributed by atoms with E-state index in [9.17, 15) is 5.11 Å². The second-order valence-corrected chi connectivity index (χ2v) is 4.50. The minimum absolute atomic E-state index is 0.522. The Bertz CT molecular complexity index is 746. The lowest BCUT2D eigenvalue weighted by Crippen LogP contribution is -2.01. The van der Waals surface area contributed by atoms with Crippen LogP contribution in [-0.2, 0) is 0 Å². The van der Waals surface area contributed by atoms with Gasteiger partial charge in [-0.1, -0.05) is 36.4 Å². The first kappa shape index (κ1) is 14.3. The molecule has 1 unspecified atom stereocenters. The second-order valence-electron chi connectivity index (χ2n) is 4.50. The van der Waals surface area contributed by atoms with Gasteiger partial charge in [0.15, 0.2) is 5.92 Å². The lowest BCUT2D eigenvalue weighted by Gasteiger charge is -2.13. The topological polar surface area (TPSA) is 91.6 Å². The molecule has 4 heteroatoms. The van der Waals surface area contributed by atoms with Crippen LogP contribution >= 0.6 is 0 Å². The highest BCUT2D eigenvalue weighted by Gasteiger charge is 2.14. The van der Waals surface area contributed by atoms with Gasteiger partial charge in [0, 0.05) is 0 Å². The lowest BCUT2D eigenvalue weighted by atomic mass is 9.95. The van der Waals surface area contributed by atoms with E-state index in [1.54, 1.807) is 48.5 Å². The molecule has 0 spiro atoms. The van der Waals surface area contributed by atoms with Crippen LogP contribution in [-0.4, -0.2) is 5.11 Å². The summed E-state index contributed by atoms with van der Waals surface area (Å²) in [5, 5.41) is 37.0. The number of nitrogens with zero attached hydrogens (tertiary/aromatic N) is 3. The van der Waals surface area contributed by atoms with Crippen LogP contribution in [0.3, 0.4) is 0 Å². The van der Waals surface area contributed by atoms with Gasteiger partial charge >= 0.3 is 0 Å². The van der Waals surface area contributed by atoms with Crippen LogP contribution in [0.25, 0.3) is 0 Å². The SMILES string of the molecule is N#Cc1ccc(C(O)c2cccc(C(C#N)C#N)c2)cc1. The summed E-state index contributed by atoms with van der Waals surface area (Å²) in [6, 6.07) is 19.3. The van der Waals surface area contributed by atoms with E-state index >= 15 is 0 Å². The Labute approximate surface area is 122 Å². The third kappa shape index (κ3) is 3.07. The molecule has 0 aliphatic heterocycles. The minimum Gasteiger partial charge on any atom is -0.384 e. The van der Waals surface area contributed by atoms with Gasteiger partial charge in [-0.3, -0.25) is 0 Å². The maximum absolute atomic E-state index is 10.4. The van der Waals surface area contributed by atoms with Crippen LogP contribution in [0.2, 0.25) is 0 Å². The van der Waals surface area contributed by atoms with Gasteiger partial charge in [-0.05, 0) is 28.8 Å². The Hall–Kier alpha value is -3.13. The quantitative estimate of drug-likeness (QED) is 0.930. The second kappa shape index (κ2) is 6.35. The molecule has 0 aliphatic rings. The minimum atomic E-state index is -0.865. The first-order valence-electron chi connectivity index (χ1n) is 6.27. The van der Waals surface area contributed by atoms with E-state index in [4.69, 9.17) is 15.8 Å². The first-order valence-corrected chi connectivity index (χ1v) is 6.27. The molecule has 2 rings (SSSR count). The fourth-order valence-corrected chi connectivity index (χ4v) is 2.02. The highest BCUT2D eigenvalue weighted by Crippen LogP contribution is 2.25. The molecule has 0 aromatic heterocycles. The Kier molecular flexibility index (Phi) is 4.32. The monoisotopic (exact) mass is 273 g/mol. The maximum Gasteiger partial charge on any atom is 0.158 e. The predicted octanol–water partition coefficient (Wildman–Crippen LogP) is 2.77. The molecule has 100 valence electrons. The number of hydrogen-bond acceptors (Lipinski definition) is 4. The van der Waals surface area contributed by atoms with E-state index in [2.05, 4.69) is 0 Å². The van der Waals surface area contributed by atoms with Gasteiger partial charge in [-0.15, -0.1) is 0 Å². The summed E-state index contributed by atoms with van der Waals surface area (Å²) in [4.78, 5) is 0. The summed E-state index contributed by atoms with van der Waals surface area (Å²) < 4.78 is 0. The van der Waals surface area contributed by atoms with Gasteiger partial charge in [0.25, 0.3) is 0 Å². The third-order valence-corrected chi connectivity index (χ3v) is 3.17. The molecule has 0 radical (unpaired) electrons. The van der Waals surface area contributed by atoms with Gasteiger partial charge < -0.3 is 5.11 Å². The van der Waals surface area contributed by atoms with E-state index in [1.165, 1.54) is 0 Å². The van der Waals surface area contributed by atoms with E-state index in [0.717, 1.165) is 0 Å². The van der Waals surface area contributed by atoms with Gasteiger partial charge in [0.05, 0.1) is 23.8 Å². The summed E-state index contributed by atoms with van der Waals surface area (Å²) in [5.41, 5.74) is 2.34. The summed E-state index contributed by atoms with van der Waals surface area (Å²) in [6.07, 6.45) is -0.865. The van der Waals surface area contributed by atoms with Crippen molar-refractivity contribution in [3.05, 3.63) is 70.8 Å². The van der Waals surface area contributed by atoms with Crippen LogP contribution in [0.4, 0.5) is 0 Å². The number of aliphatic hydroxyl groups is 1. The molecule has 0 amide bonds. The summed E-state index contributed by atoms with van der Waals surface area (Å²) in [5.74, 6) is -0.849. The number of aliphatic hydroxyl groups excluding tert-OH is 1. The lowest BCUT2D eigenvalue weighted by molar-refractivity contribution is 0.220. The third-order valence-electron chi connectivity index (χ3n) is 3.17. The highest BCUT2D eigenvalue weighted by atomic mass is 16.3. The van der Waals surface area contributed by atoms with Crippen molar-refractivity contribution in [1.82, 2.24) is 0 Å². The van der Waals surface area contributed by atoms with E-state index < -0.39 is 12.0 Å². The van der Waals surface area contributed by atoms with Crippen LogP contribution < -0.4 is 0 Å². The van der Waals surface area contributed by atoms with E-state index in [-0.39, 0.29) is 0 Å². The summed E-state index contributed by atoms with van der Waals surface area (Å²) in [6.45, 7) is 0. The molecule has 0 fully saturated rings. The van der Waals surface area contributed by atoms with Crippen LogP contribution in [0, 0.1) is 34.0 Å². The van der Waals surface area contributed by atoms with Crippen molar-refractivity contribution < 1.29 is 5.11 Å². The van der Waals surface area contributed by atoms with Crippen LogP contribution in [0.15, 0.2) is 48.5 Å². The van der Waals surface area contributed by atoms with Crippen LogP contribution in [0.5, 0.6) is 0 Å². The van der Waals surface area contributed by atoms with Crippen molar-refractivity contribution >= 4 is 0 Å². The smallest absolute Gasteiger partial charge is 0.158 e. The van der Waals surface area contributed by atoms with Crippen LogP contribution in [0.1, 0.15) is 34.3 Å². The summed E-state index contributed by atoms with van der Waals surface area (Å²) in [7, 11) is 0. The van der Waals surface area contributed by atoms with Gasteiger partial charge in [-0.2, -0.15) is 15.8 Å². The maximum atomic E-state index is 10.4. The van der Waals surface area contributed by atoms with Gasteiger partial charge in [0.2, 0.25) is 0 Å². The zero-order chi connectivity index (χ0) is 15.2. The average Bonchev–Trinajstić information content (AvgIpc) is 2.56. The number of nitriles is 3. The molecule has 0 saturated heterocycles. The van der Waals surface area contributed by atoms with Crippen molar-refractivity contribution in [3.8, 4) is 18.2 Å². The zero-order valence-electron chi connectivity index (χ0n) is 11.1. The molecular weight excluding hydrogens is 262 g/mol. The molecular formula is C17H11N3O. The molecule has 1 atom stereocenters. The van der Waals surface area contributed by atoms with Crippen molar-refractivity contribution in [3.63, 3.8) is 0 Å². The number of hydrogen-bond donors (Lipinski definition) is 1. The van der Waals surface area contributed by atoms with Crippen molar-refractivity contribution in [2.75, 3.05) is 0 Å². The Morgan fingerprint density at radius 1 is 0.810 bits per heavy atom. The molecule has 0 aliphatic carbocycles. The molecule has 21 heavy (non-hydrogen) atoms. The molecule has 4 nitrogen and oxygen atoms in total. The fourth-order valence-electron chi connectivity index (χ4n) is 2.02. The molecule has 2 aromatic carbocycles. The Balaban J connectivity index is 2.33. The fraction of sp³-hybridized carbons (Fsp3) is 0.118. The number of rotatable bonds is 3.